The molecule has 0 radical (unpaired) electrons. The van der Waals surface area contributed by atoms with Crippen molar-refractivity contribution in [1.82, 2.24) is 10.3 Å². The average Bonchev–Trinajstić information content (AvgIpc) is 3.47. The molecular formula is C27H28N4O2. The van der Waals surface area contributed by atoms with E-state index < -0.39 is 5.41 Å². The van der Waals surface area contributed by atoms with Gasteiger partial charge in [0, 0.05) is 47.2 Å². The van der Waals surface area contributed by atoms with Crippen LogP contribution in [0.3, 0.4) is 0 Å². The molecule has 0 bridgehead atoms. The van der Waals surface area contributed by atoms with E-state index >= 15 is 0 Å². The number of carbonyl (C=O) groups is 1. The molecule has 3 aliphatic heterocycles. The molecule has 6 nitrogen and oxygen atoms in total. The predicted octanol–water partition coefficient (Wildman–Crippen LogP) is 5.01. The number of nitrogens with zero attached hydrogens (tertiary/aromatic N) is 3. The lowest BCUT2D eigenvalue weighted by Crippen LogP contribution is -2.52. The van der Waals surface area contributed by atoms with E-state index in [9.17, 15) is 4.79 Å². The van der Waals surface area contributed by atoms with Gasteiger partial charge in [-0.25, -0.2) is 0 Å². The summed E-state index contributed by atoms with van der Waals surface area (Å²) in [6.45, 7) is 5.56. The van der Waals surface area contributed by atoms with Crippen molar-refractivity contribution in [2.45, 2.75) is 51.1 Å². The van der Waals surface area contributed by atoms with E-state index in [0.29, 0.717) is 13.0 Å². The summed E-state index contributed by atoms with van der Waals surface area (Å²) in [4.78, 5) is 18.2. The van der Waals surface area contributed by atoms with Crippen LogP contribution in [0.5, 0.6) is 0 Å². The van der Waals surface area contributed by atoms with E-state index in [0.717, 1.165) is 65.1 Å². The Morgan fingerprint density at radius 2 is 2.06 bits per heavy atom. The van der Waals surface area contributed by atoms with Crippen LogP contribution < -0.4 is 5.32 Å². The number of azo groups is 1. The van der Waals surface area contributed by atoms with Gasteiger partial charge in [-0.05, 0) is 61.1 Å². The molecule has 0 amide bonds. The van der Waals surface area contributed by atoms with Gasteiger partial charge in [0.05, 0.1) is 18.2 Å². The molecule has 33 heavy (non-hydrogen) atoms. The first-order valence-corrected chi connectivity index (χ1v) is 11.8. The number of Topliss-reactive ketones (excluding diaryl/α,β-unsaturated/α-hetero) is 1. The van der Waals surface area contributed by atoms with Gasteiger partial charge in [0.2, 0.25) is 0 Å². The number of ether oxygens (including phenoxy) is 1. The molecule has 4 aliphatic rings. The van der Waals surface area contributed by atoms with Gasteiger partial charge in [-0.1, -0.05) is 25.1 Å². The Hall–Kier alpha value is -3.12. The van der Waals surface area contributed by atoms with E-state index in [-0.39, 0.29) is 17.4 Å². The zero-order valence-electron chi connectivity index (χ0n) is 19.1. The standard InChI is InChI=1S/C27H28N4O2/c1-3-27(20-6-4-5-18(12-20)19-7-9-28-17(2)11-19)21-15-29-31-25(21)30-22-13-26(8-10-33-16-26)14-23(32)24(22)27/h4-7,9,11-12,15,25,30H,3,8,10,13-14,16H2,1-2H3/t25?,26-,27-/m0/s1. The third-order valence-electron chi connectivity index (χ3n) is 7.87. The van der Waals surface area contributed by atoms with Gasteiger partial charge in [-0.3, -0.25) is 9.78 Å². The molecule has 1 spiro atoms. The van der Waals surface area contributed by atoms with Crippen molar-refractivity contribution in [3.05, 3.63) is 76.9 Å². The van der Waals surface area contributed by atoms with Crippen molar-refractivity contribution in [3.8, 4) is 11.1 Å². The Morgan fingerprint density at radius 1 is 1.18 bits per heavy atom. The summed E-state index contributed by atoms with van der Waals surface area (Å²) in [5, 5.41) is 12.4. The molecule has 6 rings (SSSR count). The van der Waals surface area contributed by atoms with Crippen LogP contribution in [0, 0.1) is 12.3 Å². The SMILES string of the molecule is CC[C@]1(c2cccc(-c3ccnc(C)c3)c2)C2=CN=NC2NC2=C1C(=O)C[C@]1(CCOC1)C2. The summed E-state index contributed by atoms with van der Waals surface area (Å²) in [7, 11) is 0. The van der Waals surface area contributed by atoms with Gasteiger partial charge < -0.3 is 10.1 Å². The van der Waals surface area contributed by atoms with E-state index in [2.05, 4.69) is 57.8 Å². The number of hydrogen-bond donors (Lipinski definition) is 1. The highest BCUT2D eigenvalue weighted by Gasteiger charge is 2.55. The van der Waals surface area contributed by atoms with Gasteiger partial charge in [-0.2, -0.15) is 10.2 Å². The highest BCUT2D eigenvalue weighted by atomic mass is 16.5. The minimum atomic E-state index is -0.537. The summed E-state index contributed by atoms with van der Waals surface area (Å²) in [6.07, 6.45) is 6.57. The van der Waals surface area contributed by atoms with Crippen LogP contribution in [0.1, 0.15) is 43.9 Å². The fourth-order valence-electron chi connectivity index (χ4n) is 6.31. The molecule has 1 N–H and O–H groups in total. The second kappa shape index (κ2) is 7.45. The Kier molecular flexibility index (Phi) is 4.63. The van der Waals surface area contributed by atoms with Gasteiger partial charge in [-0.15, -0.1) is 0 Å². The second-order valence-corrected chi connectivity index (χ2v) is 9.82. The monoisotopic (exact) mass is 440 g/mol. The van der Waals surface area contributed by atoms with Gasteiger partial charge in [0.25, 0.3) is 0 Å². The van der Waals surface area contributed by atoms with Crippen LogP contribution in [-0.4, -0.2) is 30.1 Å². The number of fused-ring (bicyclic) bond motifs is 1. The maximum Gasteiger partial charge on any atom is 0.164 e. The number of pyridine rings is 1. The molecule has 2 aromatic rings. The topological polar surface area (TPSA) is 75.9 Å². The van der Waals surface area contributed by atoms with Crippen molar-refractivity contribution in [2.75, 3.05) is 13.2 Å². The summed E-state index contributed by atoms with van der Waals surface area (Å²) in [6, 6.07) is 12.8. The zero-order chi connectivity index (χ0) is 22.6. The molecule has 6 heteroatoms. The van der Waals surface area contributed by atoms with E-state index in [4.69, 9.17) is 4.74 Å². The molecule has 4 heterocycles. The first kappa shape index (κ1) is 20.5. The summed E-state index contributed by atoms with van der Waals surface area (Å²) < 4.78 is 5.73. The second-order valence-electron chi connectivity index (χ2n) is 9.82. The lowest BCUT2D eigenvalue weighted by atomic mass is 9.58. The van der Waals surface area contributed by atoms with E-state index in [1.54, 1.807) is 0 Å². The molecule has 168 valence electrons. The Balaban J connectivity index is 1.54. The van der Waals surface area contributed by atoms with Crippen LogP contribution in [-0.2, 0) is 14.9 Å². The smallest absolute Gasteiger partial charge is 0.164 e. The molecule has 1 saturated heterocycles. The fraction of sp³-hybridized carbons (Fsp3) is 0.407. The van der Waals surface area contributed by atoms with Crippen molar-refractivity contribution < 1.29 is 9.53 Å². The minimum absolute atomic E-state index is 0.0875. The fourth-order valence-corrected chi connectivity index (χ4v) is 6.31. The van der Waals surface area contributed by atoms with Crippen molar-refractivity contribution in [3.63, 3.8) is 0 Å². The van der Waals surface area contributed by atoms with Crippen LogP contribution >= 0.6 is 0 Å². The molecule has 1 aliphatic carbocycles. The lowest BCUT2D eigenvalue weighted by molar-refractivity contribution is -0.119. The zero-order valence-corrected chi connectivity index (χ0v) is 19.1. The van der Waals surface area contributed by atoms with E-state index in [1.807, 2.05) is 25.4 Å². The van der Waals surface area contributed by atoms with Crippen LogP contribution in [0.25, 0.3) is 11.1 Å². The van der Waals surface area contributed by atoms with Crippen LogP contribution in [0.15, 0.2) is 75.9 Å². The van der Waals surface area contributed by atoms with Crippen LogP contribution in [0.2, 0.25) is 0 Å². The number of allylic oxidation sites excluding steroid dienone is 2. The number of rotatable bonds is 3. The van der Waals surface area contributed by atoms with Crippen LogP contribution in [0.4, 0.5) is 0 Å². The van der Waals surface area contributed by atoms with Crippen molar-refractivity contribution in [2.24, 2.45) is 15.6 Å². The number of aromatic nitrogens is 1. The molecule has 1 aromatic heterocycles. The highest BCUT2D eigenvalue weighted by Crippen LogP contribution is 2.55. The predicted molar refractivity (Wildman–Crippen MR) is 125 cm³/mol. The molecule has 1 fully saturated rings. The number of carbonyl (C=O) groups excluding carboxylic acids is 1. The van der Waals surface area contributed by atoms with Gasteiger partial charge in [0.1, 0.15) is 0 Å². The van der Waals surface area contributed by atoms with Crippen molar-refractivity contribution in [1.29, 1.82) is 0 Å². The number of ketones is 1. The molecule has 1 aromatic carbocycles. The average molecular weight is 441 g/mol. The van der Waals surface area contributed by atoms with Crippen molar-refractivity contribution >= 4 is 5.78 Å². The molecule has 1 unspecified atom stereocenters. The molecule has 0 saturated carbocycles. The Bertz CT molecular complexity index is 1240. The summed E-state index contributed by atoms with van der Waals surface area (Å²) >= 11 is 0. The lowest BCUT2D eigenvalue weighted by Gasteiger charge is -2.48. The maximum absolute atomic E-state index is 13.9. The third-order valence-corrected chi connectivity index (χ3v) is 7.87. The third kappa shape index (κ3) is 3.04. The maximum atomic E-state index is 13.9. The number of nitrogens with one attached hydrogen (secondary N) is 1. The quantitative estimate of drug-likeness (QED) is 0.728. The molecular weight excluding hydrogens is 412 g/mol. The number of aryl methyl sites for hydroxylation is 1. The minimum Gasteiger partial charge on any atom is -0.381 e. The molecule has 3 atom stereocenters. The van der Waals surface area contributed by atoms with E-state index in [1.165, 1.54) is 0 Å². The number of benzene rings is 1. The normalized spacial score (nSPS) is 30.3. The highest BCUT2D eigenvalue weighted by molar-refractivity contribution is 6.01. The largest absolute Gasteiger partial charge is 0.381 e. The Labute approximate surface area is 193 Å². The summed E-state index contributed by atoms with van der Waals surface area (Å²) in [5.74, 6) is 0.229. The summed E-state index contributed by atoms with van der Waals surface area (Å²) in [5.41, 5.74) is 6.74. The first-order valence-electron chi connectivity index (χ1n) is 11.8. The van der Waals surface area contributed by atoms with Gasteiger partial charge >= 0.3 is 0 Å². The van der Waals surface area contributed by atoms with Gasteiger partial charge in [0.15, 0.2) is 11.9 Å². The first-order chi connectivity index (χ1) is 16.0. The Morgan fingerprint density at radius 3 is 2.85 bits per heavy atom. The number of hydrogen-bond acceptors (Lipinski definition) is 6.